The quantitative estimate of drug-likeness (QED) is 0.415. The van der Waals surface area contributed by atoms with E-state index in [1.807, 2.05) is 78.9 Å². The summed E-state index contributed by atoms with van der Waals surface area (Å²) in [5.74, 6) is -0.0971. The zero-order valence-electron chi connectivity index (χ0n) is 13.4. The van der Waals surface area contributed by atoms with Crippen molar-refractivity contribution in [3.8, 4) is 0 Å². The molecule has 0 aliphatic heterocycles. The first-order valence-corrected chi connectivity index (χ1v) is 8.00. The molecule has 0 radical (unpaired) electrons. The summed E-state index contributed by atoms with van der Waals surface area (Å²) in [7, 11) is 0. The number of nitrogens with zero attached hydrogens (tertiary/aromatic N) is 3. The Labute approximate surface area is 145 Å². The second-order valence-corrected chi connectivity index (χ2v) is 5.63. The molecule has 0 saturated heterocycles. The summed E-state index contributed by atoms with van der Waals surface area (Å²) in [6.07, 6.45) is 1.84. The number of hydrogen-bond acceptors (Lipinski definition) is 3. The Morgan fingerprint density at radius 3 is 2.20 bits per heavy atom. The first-order chi connectivity index (χ1) is 12.3. The summed E-state index contributed by atoms with van der Waals surface area (Å²) in [5, 5.41) is 8.39. The summed E-state index contributed by atoms with van der Waals surface area (Å²) in [6, 6.07) is 26.6. The molecule has 4 heteroatoms. The van der Waals surface area contributed by atoms with Gasteiger partial charge in [-0.25, -0.2) is 4.68 Å². The maximum Gasteiger partial charge on any atom is 0.211 e. The highest BCUT2D eigenvalue weighted by Gasteiger charge is 2.18. The van der Waals surface area contributed by atoms with Crippen molar-refractivity contribution in [3.63, 3.8) is 0 Å². The first-order valence-electron chi connectivity index (χ1n) is 8.00. The van der Waals surface area contributed by atoms with Crippen LogP contribution >= 0.6 is 0 Å². The number of para-hydroxylation sites is 1. The average Bonchev–Trinajstić information content (AvgIpc) is 3.11. The highest BCUT2D eigenvalue weighted by Crippen LogP contribution is 2.21. The normalized spacial score (nSPS) is 11.6. The minimum absolute atomic E-state index is 0.0971. The second kappa shape index (κ2) is 6.53. The van der Waals surface area contributed by atoms with E-state index in [1.165, 1.54) is 0 Å². The minimum Gasteiger partial charge on any atom is -0.287 e. The lowest BCUT2D eigenvalue weighted by atomic mass is 10.1. The van der Waals surface area contributed by atoms with Crippen LogP contribution in [0.25, 0.3) is 22.8 Å². The topological polar surface area (TPSA) is 47.8 Å². The Kier molecular flexibility index (Phi) is 3.92. The molecule has 120 valence electrons. The van der Waals surface area contributed by atoms with Crippen LogP contribution in [-0.4, -0.2) is 20.8 Å². The van der Waals surface area contributed by atoms with Crippen LogP contribution in [0.4, 0.5) is 0 Å². The minimum atomic E-state index is -0.0971. The molecule has 4 nitrogen and oxygen atoms in total. The van der Waals surface area contributed by atoms with Crippen molar-refractivity contribution in [2.24, 2.45) is 0 Å². The van der Waals surface area contributed by atoms with E-state index in [9.17, 15) is 4.79 Å². The highest BCUT2D eigenvalue weighted by atomic mass is 16.1. The summed E-state index contributed by atoms with van der Waals surface area (Å²) >= 11 is 0. The van der Waals surface area contributed by atoms with E-state index in [2.05, 4.69) is 10.3 Å². The van der Waals surface area contributed by atoms with E-state index >= 15 is 0 Å². The molecule has 0 amide bonds. The summed E-state index contributed by atoms with van der Waals surface area (Å²) in [4.78, 5) is 13.1. The Morgan fingerprint density at radius 2 is 1.44 bits per heavy atom. The van der Waals surface area contributed by atoms with Gasteiger partial charge in [0.25, 0.3) is 0 Å². The van der Waals surface area contributed by atoms with E-state index in [4.69, 9.17) is 0 Å². The fourth-order valence-electron chi connectivity index (χ4n) is 2.71. The standard InChI is InChI=1S/C21H15N3O/c25-21(17-11-5-2-6-12-17)20(15-16-9-3-1-4-10-16)24-19-14-8-7-13-18(19)22-23-24/h1-15H/b20-15+. The number of allylic oxidation sites excluding steroid dienone is 1. The number of Topliss-reactive ketones (excluding diaryl/α,β-unsaturated/α-hetero) is 1. The molecule has 4 rings (SSSR count). The third-order valence-corrected chi connectivity index (χ3v) is 3.95. The molecule has 3 aromatic carbocycles. The van der Waals surface area contributed by atoms with Crippen LogP contribution in [-0.2, 0) is 0 Å². The van der Waals surface area contributed by atoms with Gasteiger partial charge in [0.05, 0.1) is 5.52 Å². The number of fused-ring (bicyclic) bond motifs is 1. The van der Waals surface area contributed by atoms with Gasteiger partial charge in [0.2, 0.25) is 5.78 Å². The molecular weight excluding hydrogens is 310 g/mol. The lowest BCUT2D eigenvalue weighted by Crippen LogP contribution is -2.11. The van der Waals surface area contributed by atoms with Gasteiger partial charge in [0.1, 0.15) is 11.2 Å². The van der Waals surface area contributed by atoms with Crippen molar-refractivity contribution < 1.29 is 4.79 Å². The molecule has 0 fully saturated rings. The molecule has 0 aliphatic carbocycles. The molecule has 0 unspecified atom stereocenters. The van der Waals surface area contributed by atoms with Crippen molar-refractivity contribution in [2.75, 3.05) is 0 Å². The van der Waals surface area contributed by atoms with Crippen LogP contribution in [0, 0.1) is 0 Å². The largest absolute Gasteiger partial charge is 0.287 e. The van der Waals surface area contributed by atoms with E-state index in [0.29, 0.717) is 11.3 Å². The molecule has 0 spiro atoms. The van der Waals surface area contributed by atoms with Crippen molar-refractivity contribution in [1.82, 2.24) is 15.0 Å². The van der Waals surface area contributed by atoms with Gasteiger partial charge in [-0.3, -0.25) is 4.79 Å². The van der Waals surface area contributed by atoms with Gasteiger partial charge in [-0.05, 0) is 23.8 Å². The number of ketones is 1. The van der Waals surface area contributed by atoms with E-state index in [1.54, 1.807) is 16.8 Å². The van der Waals surface area contributed by atoms with E-state index in [0.717, 1.165) is 16.6 Å². The van der Waals surface area contributed by atoms with Crippen molar-refractivity contribution in [2.45, 2.75) is 0 Å². The number of hydrogen-bond donors (Lipinski definition) is 0. The maximum absolute atomic E-state index is 13.1. The number of carbonyl (C=O) groups excluding carboxylic acids is 1. The third kappa shape index (κ3) is 2.97. The lowest BCUT2D eigenvalue weighted by molar-refractivity contribution is 0.105. The molecule has 25 heavy (non-hydrogen) atoms. The zero-order chi connectivity index (χ0) is 17.1. The molecule has 0 N–H and O–H groups in total. The Bertz CT molecular complexity index is 1050. The average molecular weight is 325 g/mol. The predicted molar refractivity (Wildman–Crippen MR) is 98.9 cm³/mol. The molecule has 0 saturated carbocycles. The van der Waals surface area contributed by atoms with Crippen molar-refractivity contribution in [3.05, 3.63) is 96.1 Å². The number of carbonyl (C=O) groups is 1. The van der Waals surface area contributed by atoms with E-state index in [-0.39, 0.29) is 5.78 Å². The molecule has 1 aromatic heterocycles. The predicted octanol–water partition coefficient (Wildman–Crippen LogP) is 4.31. The number of aromatic nitrogens is 3. The second-order valence-electron chi connectivity index (χ2n) is 5.63. The first kappa shape index (κ1) is 15.0. The maximum atomic E-state index is 13.1. The van der Waals surface area contributed by atoms with Gasteiger partial charge < -0.3 is 0 Å². The monoisotopic (exact) mass is 325 g/mol. The van der Waals surface area contributed by atoms with E-state index < -0.39 is 0 Å². The van der Waals surface area contributed by atoms with Crippen LogP contribution in [0.2, 0.25) is 0 Å². The molecule has 0 atom stereocenters. The fraction of sp³-hybridized carbons (Fsp3) is 0. The van der Waals surface area contributed by atoms with Gasteiger partial charge in [-0.2, -0.15) is 0 Å². The zero-order valence-corrected chi connectivity index (χ0v) is 13.4. The number of rotatable bonds is 4. The Balaban J connectivity index is 1.90. The summed E-state index contributed by atoms with van der Waals surface area (Å²) < 4.78 is 1.61. The van der Waals surface area contributed by atoms with Gasteiger partial charge in [0.15, 0.2) is 0 Å². The third-order valence-electron chi connectivity index (χ3n) is 3.95. The van der Waals surface area contributed by atoms with Crippen LogP contribution in [0.15, 0.2) is 84.9 Å². The van der Waals surface area contributed by atoms with Crippen molar-refractivity contribution in [1.29, 1.82) is 0 Å². The number of benzene rings is 3. The molecule has 0 aliphatic rings. The smallest absolute Gasteiger partial charge is 0.211 e. The molecule has 1 heterocycles. The SMILES string of the molecule is O=C(/C(=C\c1ccccc1)n1nnc2ccccc21)c1ccccc1. The molecule has 4 aromatic rings. The van der Waals surface area contributed by atoms with Crippen molar-refractivity contribution >= 4 is 28.6 Å². The summed E-state index contributed by atoms with van der Waals surface area (Å²) in [6.45, 7) is 0. The van der Waals surface area contributed by atoms with Crippen LogP contribution in [0.3, 0.4) is 0 Å². The molecular formula is C21H15N3O. The lowest BCUT2D eigenvalue weighted by Gasteiger charge is -2.08. The molecule has 0 bridgehead atoms. The van der Waals surface area contributed by atoms with Gasteiger partial charge in [0, 0.05) is 5.56 Å². The van der Waals surface area contributed by atoms with Gasteiger partial charge in [-0.15, -0.1) is 5.10 Å². The highest BCUT2D eigenvalue weighted by molar-refractivity contribution is 6.28. The summed E-state index contributed by atoms with van der Waals surface area (Å²) in [5.41, 5.74) is 3.56. The van der Waals surface area contributed by atoms with Gasteiger partial charge >= 0.3 is 0 Å². The van der Waals surface area contributed by atoms with Crippen LogP contribution in [0.5, 0.6) is 0 Å². The van der Waals surface area contributed by atoms with Crippen LogP contribution < -0.4 is 0 Å². The van der Waals surface area contributed by atoms with Gasteiger partial charge in [-0.1, -0.05) is 78.0 Å². The Morgan fingerprint density at radius 1 is 0.800 bits per heavy atom. The fourth-order valence-corrected chi connectivity index (χ4v) is 2.71. The van der Waals surface area contributed by atoms with Crippen LogP contribution in [0.1, 0.15) is 15.9 Å². The Hall–Kier alpha value is -3.53.